The second-order valence-electron chi connectivity index (χ2n) is 11.9. The summed E-state index contributed by atoms with van der Waals surface area (Å²) in [5.41, 5.74) is 2.05. The molecule has 0 radical (unpaired) electrons. The Labute approximate surface area is 257 Å². The highest BCUT2D eigenvalue weighted by Crippen LogP contribution is 2.29. The molecule has 1 aliphatic rings. The Hall–Kier alpha value is -4.48. The number of aromatic nitrogens is 2. The Bertz CT molecular complexity index is 1620. The normalized spacial score (nSPS) is 15.2. The van der Waals surface area contributed by atoms with Gasteiger partial charge in [0.15, 0.2) is 17.2 Å². The molecule has 11 heteroatoms. The highest BCUT2D eigenvalue weighted by molar-refractivity contribution is 6.08. The van der Waals surface area contributed by atoms with Crippen molar-refractivity contribution in [3.63, 3.8) is 0 Å². The summed E-state index contributed by atoms with van der Waals surface area (Å²) in [5, 5.41) is 10.0. The van der Waals surface area contributed by atoms with Gasteiger partial charge in [-0.15, -0.1) is 5.10 Å². The van der Waals surface area contributed by atoms with Gasteiger partial charge in [0.05, 0.1) is 5.54 Å². The topological polar surface area (TPSA) is 122 Å². The van der Waals surface area contributed by atoms with Crippen molar-refractivity contribution < 1.29 is 23.5 Å². The predicted molar refractivity (Wildman–Crippen MR) is 168 cm³/mol. The van der Waals surface area contributed by atoms with E-state index in [1.54, 1.807) is 19.1 Å². The third kappa shape index (κ3) is 7.00. The number of nitrogens with one attached hydrogen (secondary N) is 2. The molecular weight excluding hydrogens is 560 g/mol. The predicted octanol–water partition coefficient (Wildman–Crippen LogP) is 5.08. The van der Waals surface area contributed by atoms with Crippen LogP contribution < -0.4 is 10.6 Å². The first-order valence-corrected chi connectivity index (χ1v) is 15.0. The molecule has 11 nitrogen and oxygen atoms in total. The van der Waals surface area contributed by atoms with Crippen molar-refractivity contribution in [2.75, 3.05) is 38.5 Å². The fourth-order valence-electron chi connectivity index (χ4n) is 5.02. The van der Waals surface area contributed by atoms with Gasteiger partial charge in [0.2, 0.25) is 0 Å². The molecule has 44 heavy (non-hydrogen) atoms. The fraction of sp³-hybridized carbons (Fsp3) is 0.394. The Morgan fingerprint density at radius 1 is 1.00 bits per heavy atom. The van der Waals surface area contributed by atoms with Gasteiger partial charge in [0.25, 0.3) is 11.8 Å². The van der Waals surface area contributed by atoms with Crippen molar-refractivity contribution in [3.8, 4) is 0 Å². The summed E-state index contributed by atoms with van der Waals surface area (Å²) in [6.07, 6.45) is -0.487. The van der Waals surface area contributed by atoms with Crippen LogP contribution in [0, 0.1) is 0 Å². The summed E-state index contributed by atoms with van der Waals surface area (Å²) >= 11 is 0. The number of ether oxygens (including phenoxy) is 1. The van der Waals surface area contributed by atoms with Gasteiger partial charge in [-0.05, 0) is 57.5 Å². The maximum Gasteiger partial charge on any atom is 0.435 e. The first kappa shape index (κ1) is 31.0. The summed E-state index contributed by atoms with van der Waals surface area (Å²) in [6.45, 7) is 12.3. The molecule has 0 saturated carbocycles. The molecule has 0 aliphatic carbocycles. The van der Waals surface area contributed by atoms with Gasteiger partial charge in [-0.2, -0.15) is 4.68 Å². The number of anilines is 1. The molecule has 2 aromatic heterocycles. The molecule has 2 amide bonds. The number of fused-ring (bicyclic) bond motifs is 1. The van der Waals surface area contributed by atoms with E-state index in [1.165, 1.54) is 6.07 Å². The van der Waals surface area contributed by atoms with Crippen molar-refractivity contribution >= 4 is 34.8 Å². The summed E-state index contributed by atoms with van der Waals surface area (Å²) < 4.78 is 12.4. The maximum atomic E-state index is 13.3. The largest absolute Gasteiger partial charge is 0.445 e. The van der Waals surface area contributed by atoms with Gasteiger partial charge in [-0.3, -0.25) is 14.5 Å². The monoisotopic (exact) mass is 600 g/mol. The summed E-state index contributed by atoms with van der Waals surface area (Å²) in [5.74, 6) is -0.931. The molecule has 0 spiro atoms. The lowest BCUT2D eigenvalue weighted by atomic mass is 9.94. The molecule has 1 saturated heterocycles. The molecule has 232 valence electrons. The first-order chi connectivity index (χ1) is 21.0. The molecule has 2 N–H and O–H groups in total. The lowest BCUT2D eigenvalue weighted by Gasteiger charge is -2.32. The number of benzene rings is 2. The van der Waals surface area contributed by atoms with Gasteiger partial charge >= 0.3 is 6.09 Å². The minimum absolute atomic E-state index is 0.00832. The average Bonchev–Trinajstić information content (AvgIpc) is 3.59. The number of furan rings is 1. The van der Waals surface area contributed by atoms with Crippen LogP contribution in [0.25, 0.3) is 11.1 Å². The standard InChI is InChI=1S/C33H40N6O5/c1-6-22(2)43-32(42)39-26-20-27(31(41)35-33(3,4)25-10-8-7-9-11-25)44-28(26)29(36-39)34-30(40)24-14-12-23(13-15-24)21-38-18-16-37(5)17-19-38/h7-15,20,22H,6,16-19,21H2,1-5H3,(H,35,41)(H,34,36,40). The fourth-order valence-corrected chi connectivity index (χ4v) is 5.02. The highest BCUT2D eigenvalue weighted by Gasteiger charge is 2.29. The van der Waals surface area contributed by atoms with E-state index in [2.05, 4.69) is 32.6 Å². The maximum absolute atomic E-state index is 13.3. The van der Waals surface area contributed by atoms with E-state index < -0.39 is 23.4 Å². The minimum Gasteiger partial charge on any atom is -0.445 e. The van der Waals surface area contributed by atoms with E-state index in [0.717, 1.165) is 48.5 Å². The van der Waals surface area contributed by atoms with E-state index in [1.807, 2.05) is 63.2 Å². The Morgan fingerprint density at radius 2 is 1.68 bits per heavy atom. The number of rotatable bonds is 9. The number of amides is 2. The first-order valence-electron chi connectivity index (χ1n) is 15.0. The van der Waals surface area contributed by atoms with Crippen LogP contribution in [0.4, 0.5) is 10.6 Å². The average molecular weight is 601 g/mol. The van der Waals surface area contributed by atoms with Crippen molar-refractivity contribution in [2.24, 2.45) is 0 Å². The molecular formula is C33H40N6O5. The van der Waals surface area contributed by atoms with Gasteiger partial charge in [0.1, 0.15) is 11.6 Å². The van der Waals surface area contributed by atoms with E-state index in [9.17, 15) is 14.4 Å². The third-order valence-corrected chi connectivity index (χ3v) is 8.00. The molecule has 3 heterocycles. The minimum atomic E-state index is -0.740. The summed E-state index contributed by atoms with van der Waals surface area (Å²) in [7, 11) is 2.13. The van der Waals surface area contributed by atoms with Crippen LogP contribution in [-0.2, 0) is 16.8 Å². The number of nitrogens with zero attached hydrogens (tertiary/aromatic N) is 4. The second kappa shape index (κ2) is 13.0. The Kier molecular flexibility index (Phi) is 9.17. The number of likely N-dealkylation sites (N-methyl/N-ethyl adjacent to an activating group) is 1. The van der Waals surface area contributed by atoms with Gasteiger partial charge in [0, 0.05) is 44.4 Å². The van der Waals surface area contributed by atoms with Crippen molar-refractivity contribution in [1.29, 1.82) is 0 Å². The molecule has 5 rings (SSSR count). The number of hydrogen-bond donors (Lipinski definition) is 2. The van der Waals surface area contributed by atoms with Crippen LogP contribution in [0.5, 0.6) is 0 Å². The van der Waals surface area contributed by atoms with Crippen LogP contribution in [0.2, 0.25) is 0 Å². The smallest absolute Gasteiger partial charge is 0.435 e. The summed E-state index contributed by atoms with van der Waals surface area (Å²) in [6, 6.07) is 18.4. The van der Waals surface area contributed by atoms with Gasteiger partial charge < -0.3 is 24.7 Å². The number of carbonyl (C=O) groups excluding carboxylic acids is 3. The van der Waals surface area contributed by atoms with E-state index in [-0.39, 0.29) is 28.8 Å². The molecule has 4 aromatic rings. The van der Waals surface area contributed by atoms with Crippen molar-refractivity contribution in [1.82, 2.24) is 24.9 Å². The zero-order valence-electron chi connectivity index (χ0n) is 25.9. The molecule has 1 unspecified atom stereocenters. The van der Waals surface area contributed by atoms with E-state index in [0.29, 0.717) is 12.0 Å². The molecule has 2 aromatic carbocycles. The zero-order valence-corrected chi connectivity index (χ0v) is 25.9. The lowest BCUT2D eigenvalue weighted by molar-refractivity contribution is 0.0884. The molecule has 1 aliphatic heterocycles. The summed E-state index contributed by atoms with van der Waals surface area (Å²) in [4.78, 5) is 44.3. The van der Waals surface area contributed by atoms with Gasteiger partial charge in [-0.1, -0.05) is 49.4 Å². The van der Waals surface area contributed by atoms with Gasteiger partial charge in [-0.25, -0.2) is 4.79 Å². The zero-order chi connectivity index (χ0) is 31.4. The Balaban J connectivity index is 1.37. The van der Waals surface area contributed by atoms with Crippen molar-refractivity contribution in [2.45, 2.75) is 52.3 Å². The second-order valence-corrected chi connectivity index (χ2v) is 11.9. The molecule has 0 bridgehead atoms. The molecule has 1 fully saturated rings. The van der Waals surface area contributed by atoms with E-state index in [4.69, 9.17) is 9.15 Å². The van der Waals surface area contributed by atoms with Crippen LogP contribution >= 0.6 is 0 Å². The number of hydrogen-bond acceptors (Lipinski definition) is 8. The van der Waals surface area contributed by atoms with Crippen molar-refractivity contribution in [3.05, 3.63) is 83.1 Å². The number of carbonyl (C=O) groups is 3. The quantitative estimate of drug-likeness (QED) is 0.273. The molecule has 1 atom stereocenters. The van der Waals surface area contributed by atoms with Crippen LogP contribution in [-0.4, -0.2) is 76.8 Å². The lowest BCUT2D eigenvalue weighted by Crippen LogP contribution is -2.43. The van der Waals surface area contributed by atoms with E-state index >= 15 is 0 Å². The highest BCUT2D eigenvalue weighted by atomic mass is 16.6. The third-order valence-electron chi connectivity index (χ3n) is 8.00. The van der Waals surface area contributed by atoms with Crippen LogP contribution in [0.15, 0.2) is 65.1 Å². The van der Waals surface area contributed by atoms with Crippen LogP contribution in [0.1, 0.15) is 66.2 Å². The number of piperazine rings is 1. The SMILES string of the molecule is CCC(C)OC(=O)n1nc(NC(=O)c2ccc(CN3CCN(C)CC3)cc2)c2oc(C(=O)NC(C)(C)c3ccccc3)cc21. The van der Waals surface area contributed by atoms with Crippen LogP contribution in [0.3, 0.4) is 0 Å². The Morgan fingerprint density at radius 3 is 2.34 bits per heavy atom.